The van der Waals surface area contributed by atoms with Crippen molar-refractivity contribution >= 4 is 56.2 Å². The summed E-state index contributed by atoms with van der Waals surface area (Å²) in [4.78, 5) is 12.2. The van der Waals surface area contributed by atoms with E-state index in [2.05, 4.69) is 15.4 Å². The Morgan fingerprint density at radius 1 is 0.971 bits per heavy atom. The molecule has 1 amide bonds. The van der Waals surface area contributed by atoms with Crippen LogP contribution in [0.5, 0.6) is 11.5 Å². The van der Waals surface area contributed by atoms with Gasteiger partial charge in [-0.1, -0.05) is 11.6 Å². The molecule has 3 rings (SSSR count). The smallest absolute Gasteiger partial charge is 0.264 e. The van der Waals surface area contributed by atoms with Gasteiger partial charge in [-0.3, -0.25) is 14.8 Å². The third-order valence-electron chi connectivity index (χ3n) is 4.59. The Hall–Kier alpha value is -3.34. The monoisotopic (exact) mass is 533 g/mol. The maximum atomic E-state index is 12.7. The van der Waals surface area contributed by atoms with E-state index in [-0.39, 0.29) is 16.6 Å². The average molecular weight is 534 g/mol. The summed E-state index contributed by atoms with van der Waals surface area (Å²) in [6.45, 7) is 3.98. The second-order valence-corrected chi connectivity index (χ2v) is 9.82. The van der Waals surface area contributed by atoms with Crippen molar-refractivity contribution in [3.63, 3.8) is 0 Å². The first-order valence-corrected chi connectivity index (χ1v) is 12.8. The number of anilines is 2. The van der Waals surface area contributed by atoms with Crippen LogP contribution in [0.25, 0.3) is 0 Å². The number of sulfonamides is 1. The number of ether oxygens (including phenoxy) is 2. The number of hydrogen-bond donors (Lipinski definition) is 3. The van der Waals surface area contributed by atoms with Gasteiger partial charge in [0, 0.05) is 16.4 Å². The molecule has 0 heterocycles. The fourth-order valence-electron chi connectivity index (χ4n) is 2.96. The Kier molecular flexibility index (Phi) is 8.91. The fraction of sp³-hybridized carbons (Fsp3) is 0.167. The molecule has 0 saturated heterocycles. The molecular weight excluding hydrogens is 510 g/mol. The summed E-state index contributed by atoms with van der Waals surface area (Å²) >= 11 is 11.1. The third kappa shape index (κ3) is 7.84. The zero-order valence-electron chi connectivity index (χ0n) is 19.0. The van der Waals surface area contributed by atoms with Gasteiger partial charge in [-0.25, -0.2) is 8.42 Å². The predicted octanol–water partition coefficient (Wildman–Crippen LogP) is 4.74. The van der Waals surface area contributed by atoms with Gasteiger partial charge in [0.05, 0.1) is 11.5 Å². The Morgan fingerprint density at radius 2 is 1.63 bits per heavy atom. The zero-order chi connectivity index (χ0) is 25.4. The van der Waals surface area contributed by atoms with Crippen molar-refractivity contribution in [3.8, 4) is 11.5 Å². The zero-order valence-corrected chi connectivity index (χ0v) is 21.4. The van der Waals surface area contributed by atoms with Crippen molar-refractivity contribution in [3.05, 3.63) is 77.3 Å². The normalized spacial score (nSPS) is 10.8. The summed E-state index contributed by atoms with van der Waals surface area (Å²) in [5, 5.41) is 5.97. The van der Waals surface area contributed by atoms with Gasteiger partial charge in [-0.15, -0.1) is 0 Å². The molecule has 184 valence electrons. The van der Waals surface area contributed by atoms with Gasteiger partial charge < -0.3 is 14.8 Å². The molecule has 8 nitrogen and oxygen atoms in total. The van der Waals surface area contributed by atoms with Gasteiger partial charge in [-0.2, -0.15) is 0 Å². The fourth-order valence-corrected chi connectivity index (χ4v) is 4.48. The SMILES string of the molecule is CCOc1ccc(NS(=O)(=O)c2ccc(NC(=S)NC(=O)COc3ccc(Cl)cc3C)cc2)cc1. The minimum Gasteiger partial charge on any atom is -0.494 e. The second-order valence-electron chi connectivity index (χ2n) is 7.29. The largest absolute Gasteiger partial charge is 0.494 e. The van der Waals surface area contributed by atoms with Gasteiger partial charge in [-0.05, 0) is 98.4 Å². The first-order chi connectivity index (χ1) is 16.7. The highest BCUT2D eigenvalue weighted by molar-refractivity contribution is 7.92. The third-order valence-corrected chi connectivity index (χ3v) is 6.43. The molecule has 0 aliphatic heterocycles. The number of carbonyl (C=O) groups is 1. The first-order valence-electron chi connectivity index (χ1n) is 10.5. The number of benzene rings is 3. The highest BCUT2D eigenvalue weighted by Crippen LogP contribution is 2.22. The number of halogens is 1. The lowest BCUT2D eigenvalue weighted by atomic mass is 10.2. The molecular formula is C24H24ClN3O5S2. The number of rotatable bonds is 9. The van der Waals surface area contributed by atoms with E-state index in [4.69, 9.17) is 33.3 Å². The highest BCUT2D eigenvalue weighted by atomic mass is 35.5. The quantitative estimate of drug-likeness (QED) is 0.341. The first kappa shape index (κ1) is 26.3. The van der Waals surface area contributed by atoms with Crippen molar-refractivity contribution in [2.75, 3.05) is 23.3 Å². The molecule has 3 aromatic rings. The van der Waals surface area contributed by atoms with E-state index in [1.54, 1.807) is 54.6 Å². The van der Waals surface area contributed by atoms with E-state index in [0.29, 0.717) is 34.5 Å². The molecule has 0 atom stereocenters. The molecule has 0 fully saturated rings. The van der Waals surface area contributed by atoms with Crippen LogP contribution in [0.1, 0.15) is 12.5 Å². The number of nitrogens with one attached hydrogen (secondary N) is 3. The lowest BCUT2D eigenvalue weighted by molar-refractivity contribution is -0.121. The minimum atomic E-state index is -3.79. The van der Waals surface area contributed by atoms with E-state index < -0.39 is 15.9 Å². The summed E-state index contributed by atoms with van der Waals surface area (Å²) in [7, 11) is -3.79. The second kappa shape index (κ2) is 11.9. The van der Waals surface area contributed by atoms with Crippen LogP contribution >= 0.6 is 23.8 Å². The Morgan fingerprint density at radius 3 is 2.26 bits per heavy atom. The van der Waals surface area contributed by atoms with E-state index in [1.165, 1.54) is 12.1 Å². The van der Waals surface area contributed by atoms with Crippen molar-refractivity contribution in [1.82, 2.24) is 5.32 Å². The maximum absolute atomic E-state index is 12.7. The number of carbonyl (C=O) groups excluding carboxylic acids is 1. The maximum Gasteiger partial charge on any atom is 0.264 e. The molecule has 0 aliphatic rings. The molecule has 0 unspecified atom stereocenters. The van der Waals surface area contributed by atoms with Gasteiger partial charge in [0.15, 0.2) is 11.7 Å². The van der Waals surface area contributed by atoms with Crippen molar-refractivity contribution in [2.45, 2.75) is 18.7 Å². The van der Waals surface area contributed by atoms with Crippen molar-refractivity contribution in [1.29, 1.82) is 0 Å². The summed E-state index contributed by atoms with van der Waals surface area (Å²) in [5.41, 5.74) is 1.72. The predicted molar refractivity (Wildman–Crippen MR) is 141 cm³/mol. The Bertz CT molecular complexity index is 1300. The molecule has 3 N–H and O–H groups in total. The Labute approximate surface area is 214 Å². The van der Waals surface area contributed by atoms with Crippen LogP contribution in [0.2, 0.25) is 5.02 Å². The summed E-state index contributed by atoms with van der Waals surface area (Å²) in [6, 6.07) is 17.6. The van der Waals surface area contributed by atoms with Gasteiger partial charge >= 0.3 is 0 Å². The van der Waals surface area contributed by atoms with E-state index in [0.717, 1.165) is 5.56 Å². The lowest BCUT2D eigenvalue weighted by Crippen LogP contribution is -2.37. The topological polar surface area (TPSA) is 106 Å². The molecule has 0 aromatic heterocycles. The van der Waals surface area contributed by atoms with Gasteiger partial charge in [0.1, 0.15) is 11.5 Å². The van der Waals surface area contributed by atoms with Crippen LogP contribution in [0.3, 0.4) is 0 Å². The molecule has 3 aromatic carbocycles. The minimum absolute atomic E-state index is 0.0505. The number of aryl methyl sites for hydroxylation is 1. The van der Waals surface area contributed by atoms with Gasteiger partial charge in [0.2, 0.25) is 0 Å². The number of hydrogen-bond acceptors (Lipinski definition) is 6. The highest BCUT2D eigenvalue weighted by Gasteiger charge is 2.15. The van der Waals surface area contributed by atoms with E-state index >= 15 is 0 Å². The van der Waals surface area contributed by atoms with Crippen molar-refractivity contribution < 1.29 is 22.7 Å². The van der Waals surface area contributed by atoms with Crippen LogP contribution in [-0.2, 0) is 14.8 Å². The van der Waals surface area contributed by atoms with Crippen LogP contribution < -0.4 is 24.8 Å². The standard InChI is InChI=1S/C24H24ClN3O5S2/c1-3-32-20-9-5-19(6-10-20)28-35(30,31)21-11-7-18(8-12-21)26-24(34)27-23(29)15-33-22-13-4-17(25)14-16(22)2/h4-14,28H,3,15H2,1-2H3,(H2,26,27,29,34). The van der Waals surface area contributed by atoms with E-state index in [9.17, 15) is 13.2 Å². The van der Waals surface area contributed by atoms with Crippen LogP contribution in [0, 0.1) is 6.92 Å². The molecule has 35 heavy (non-hydrogen) atoms. The molecule has 11 heteroatoms. The molecule has 0 saturated carbocycles. The summed E-state index contributed by atoms with van der Waals surface area (Å²) < 4.78 is 38.7. The number of thiocarbonyl (C=S) groups is 1. The molecule has 0 bridgehead atoms. The van der Waals surface area contributed by atoms with Crippen LogP contribution in [-0.4, -0.2) is 32.7 Å². The van der Waals surface area contributed by atoms with Crippen molar-refractivity contribution in [2.24, 2.45) is 0 Å². The summed E-state index contributed by atoms with van der Waals surface area (Å²) in [6.07, 6.45) is 0. The number of amides is 1. The van der Waals surface area contributed by atoms with Gasteiger partial charge in [0.25, 0.3) is 15.9 Å². The lowest BCUT2D eigenvalue weighted by Gasteiger charge is -2.12. The molecule has 0 aliphatic carbocycles. The summed E-state index contributed by atoms with van der Waals surface area (Å²) in [5.74, 6) is 0.746. The molecule has 0 spiro atoms. The van der Waals surface area contributed by atoms with E-state index in [1.807, 2.05) is 13.8 Å². The average Bonchev–Trinajstić information content (AvgIpc) is 2.80. The Balaban J connectivity index is 1.52. The molecule has 0 radical (unpaired) electrons. The van der Waals surface area contributed by atoms with Crippen LogP contribution in [0.4, 0.5) is 11.4 Å². The van der Waals surface area contributed by atoms with Crippen LogP contribution in [0.15, 0.2) is 71.6 Å².